The molecule has 41 heavy (non-hydrogen) atoms. The lowest BCUT2D eigenvalue weighted by molar-refractivity contribution is 0.669. The summed E-state index contributed by atoms with van der Waals surface area (Å²) in [6, 6.07) is 40.9. The Bertz CT molecular complexity index is 2130. The summed E-state index contributed by atoms with van der Waals surface area (Å²) in [5, 5.41) is 4.11. The molecule has 5 heteroatoms. The molecule has 8 rings (SSSR count). The highest BCUT2D eigenvalue weighted by Gasteiger charge is 2.20. The summed E-state index contributed by atoms with van der Waals surface area (Å²) < 4.78 is 6.52. The van der Waals surface area contributed by atoms with Crippen LogP contribution < -0.4 is 0 Å². The minimum absolute atomic E-state index is 0.595. The van der Waals surface area contributed by atoms with E-state index in [1.165, 1.54) is 0 Å². The van der Waals surface area contributed by atoms with Crippen LogP contribution in [0.2, 0.25) is 0 Å². The van der Waals surface area contributed by atoms with Gasteiger partial charge in [0.2, 0.25) is 0 Å². The van der Waals surface area contributed by atoms with E-state index >= 15 is 0 Å². The second kappa shape index (κ2) is 9.50. The molecule has 0 saturated heterocycles. The van der Waals surface area contributed by atoms with Gasteiger partial charge in [0.1, 0.15) is 11.2 Å². The number of benzene rings is 5. The van der Waals surface area contributed by atoms with Crippen molar-refractivity contribution in [1.82, 2.24) is 19.9 Å². The Morgan fingerprint density at radius 2 is 1.07 bits per heavy atom. The molecule has 0 atom stereocenters. The lowest BCUT2D eigenvalue weighted by atomic mass is 9.97. The van der Waals surface area contributed by atoms with Gasteiger partial charge >= 0.3 is 0 Å². The highest BCUT2D eigenvalue weighted by Crippen LogP contribution is 2.41. The molecule has 0 N–H and O–H groups in total. The molecule has 3 heterocycles. The van der Waals surface area contributed by atoms with E-state index in [4.69, 9.17) is 19.4 Å². The maximum Gasteiger partial charge on any atom is 0.164 e. The lowest BCUT2D eigenvalue weighted by Crippen LogP contribution is -2.00. The molecular formula is C36H22N4O. The summed E-state index contributed by atoms with van der Waals surface area (Å²) in [5.74, 6) is 1.84. The molecule has 0 fully saturated rings. The van der Waals surface area contributed by atoms with Gasteiger partial charge in [0, 0.05) is 45.2 Å². The van der Waals surface area contributed by atoms with Crippen LogP contribution in [0.4, 0.5) is 0 Å². The predicted molar refractivity (Wildman–Crippen MR) is 164 cm³/mol. The van der Waals surface area contributed by atoms with Gasteiger partial charge in [0.25, 0.3) is 0 Å². The number of pyridine rings is 1. The molecule has 5 aromatic carbocycles. The smallest absolute Gasteiger partial charge is 0.164 e. The first-order valence-corrected chi connectivity index (χ1v) is 13.5. The van der Waals surface area contributed by atoms with Crippen LogP contribution in [0.25, 0.3) is 78.0 Å². The molecule has 0 saturated carbocycles. The maximum atomic E-state index is 6.52. The predicted octanol–water partition coefficient (Wildman–Crippen LogP) is 8.99. The third kappa shape index (κ3) is 4.12. The molecule has 192 valence electrons. The Morgan fingerprint density at radius 1 is 0.463 bits per heavy atom. The second-order valence-corrected chi connectivity index (χ2v) is 9.97. The van der Waals surface area contributed by atoms with Crippen LogP contribution in [-0.2, 0) is 0 Å². The van der Waals surface area contributed by atoms with Crippen molar-refractivity contribution in [2.24, 2.45) is 0 Å². The molecule has 0 aliphatic heterocycles. The van der Waals surface area contributed by atoms with E-state index in [0.29, 0.717) is 17.5 Å². The Morgan fingerprint density at radius 3 is 1.73 bits per heavy atom. The zero-order chi connectivity index (χ0) is 27.2. The summed E-state index contributed by atoms with van der Waals surface area (Å²) in [6.45, 7) is 0. The zero-order valence-electron chi connectivity index (χ0n) is 21.9. The topological polar surface area (TPSA) is 64.7 Å². The van der Waals surface area contributed by atoms with Gasteiger partial charge < -0.3 is 4.42 Å². The quantitative estimate of drug-likeness (QED) is 0.229. The largest absolute Gasteiger partial charge is 0.456 e. The van der Waals surface area contributed by atoms with Crippen molar-refractivity contribution in [3.8, 4) is 45.3 Å². The Kier molecular flexibility index (Phi) is 5.38. The van der Waals surface area contributed by atoms with Crippen LogP contribution in [0, 0.1) is 0 Å². The number of fused-ring (bicyclic) bond motifs is 4. The van der Waals surface area contributed by atoms with E-state index in [9.17, 15) is 0 Å². The van der Waals surface area contributed by atoms with Gasteiger partial charge in [-0.2, -0.15) is 0 Å². The standard InChI is InChI=1S/C36H22N4O/c1-4-10-23(11-5-1)27-19-30(33-29-18-26-16-17-37-22-28(26)21-31(29)41-32(33)20-27)36-39-34(24-12-6-2-7-13-24)38-35(40-36)25-14-8-3-9-15-25/h1-22H. The van der Waals surface area contributed by atoms with E-state index < -0.39 is 0 Å². The molecule has 3 aromatic heterocycles. The highest BCUT2D eigenvalue weighted by molar-refractivity contribution is 6.16. The highest BCUT2D eigenvalue weighted by atomic mass is 16.3. The van der Waals surface area contributed by atoms with Gasteiger partial charge in [0.05, 0.1) is 0 Å². The monoisotopic (exact) mass is 526 g/mol. The molecule has 0 aliphatic rings. The summed E-state index contributed by atoms with van der Waals surface area (Å²) >= 11 is 0. The van der Waals surface area contributed by atoms with Crippen molar-refractivity contribution in [2.75, 3.05) is 0 Å². The molecule has 0 bridgehead atoms. The molecule has 0 spiro atoms. The Hall–Kier alpha value is -5.68. The molecule has 5 nitrogen and oxygen atoms in total. The fraction of sp³-hybridized carbons (Fsp3) is 0. The third-order valence-corrected chi connectivity index (χ3v) is 7.38. The van der Waals surface area contributed by atoms with Crippen LogP contribution in [0.1, 0.15) is 0 Å². The van der Waals surface area contributed by atoms with E-state index in [-0.39, 0.29) is 0 Å². The van der Waals surface area contributed by atoms with Gasteiger partial charge in [0.15, 0.2) is 17.5 Å². The molecule has 0 radical (unpaired) electrons. The number of nitrogens with zero attached hydrogens (tertiary/aromatic N) is 4. The molecule has 0 amide bonds. The summed E-state index contributed by atoms with van der Waals surface area (Å²) in [7, 11) is 0. The Labute approximate surface area is 235 Å². The van der Waals surface area contributed by atoms with Gasteiger partial charge in [-0.05, 0) is 46.8 Å². The molecule has 0 unspecified atom stereocenters. The number of furan rings is 1. The first-order valence-electron chi connectivity index (χ1n) is 13.5. The first-order chi connectivity index (χ1) is 20.3. The minimum atomic E-state index is 0.595. The van der Waals surface area contributed by atoms with E-state index in [1.807, 2.05) is 97.3 Å². The van der Waals surface area contributed by atoms with Crippen molar-refractivity contribution in [3.63, 3.8) is 0 Å². The third-order valence-electron chi connectivity index (χ3n) is 7.38. The van der Waals surface area contributed by atoms with Crippen molar-refractivity contribution in [3.05, 3.63) is 134 Å². The normalized spacial score (nSPS) is 11.4. The number of aromatic nitrogens is 4. The van der Waals surface area contributed by atoms with Crippen LogP contribution >= 0.6 is 0 Å². The van der Waals surface area contributed by atoms with Crippen LogP contribution in [0.3, 0.4) is 0 Å². The molecular weight excluding hydrogens is 504 g/mol. The van der Waals surface area contributed by atoms with Crippen LogP contribution in [-0.4, -0.2) is 19.9 Å². The van der Waals surface area contributed by atoms with Crippen LogP contribution in [0.15, 0.2) is 138 Å². The number of hydrogen-bond acceptors (Lipinski definition) is 5. The van der Waals surface area contributed by atoms with Gasteiger partial charge in [-0.15, -0.1) is 0 Å². The SMILES string of the molecule is c1ccc(-c2cc(-c3nc(-c4ccccc4)nc(-c4ccccc4)n3)c3c(c2)oc2cc4cnccc4cc23)cc1. The molecule has 0 aliphatic carbocycles. The molecule has 8 aromatic rings. The fourth-order valence-corrected chi connectivity index (χ4v) is 5.39. The first kappa shape index (κ1) is 23.2. The lowest BCUT2D eigenvalue weighted by Gasteiger charge is -2.11. The number of hydrogen-bond donors (Lipinski definition) is 0. The average molecular weight is 527 g/mol. The van der Waals surface area contributed by atoms with Gasteiger partial charge in [-0.3, -0.25) is 4.98 Å². The summed E-state index contributed by atoms with van der Waals surface area (Å²) in [5.41, 5.74) is 6.45. The minimum Gasteiger partial charge on any atom is -0.456 e. The van der Waals surface area contributed by atoms with E-state index in [0.717, 1.165) is 60.5 Å². The summed E-state index contributed by atoms with van der Waals surface area (Å²) in [4.78, 5) is 19.3. The maximum absolute atomic E-state index is 6.52. The van der Waals surface area contributed by atoms with E-state index in [1.54, 1.807) is 0 Å². The average Bonchev–Trinajstić information content (AvgIpc) is 3.41. The number of rotatable bonds is 4. The zero-order valence-corrected chi connectivity index (χ0v) is 21.9. The fourth-order valence-electron chi connectivity index (χ4n) is 5.39. The summed E-state index contributed by atoms with van der Waals surface area (Å²) in [6.07, 6.45) is 3.68. The van der Waals surface area contributed by atoms with Gasteiger partial charge in [-0.25, -0.2) is 15.0 Å². The second-order valence-electron chi connectivity index (χ2n) is 9.97. The van der Waals surface area contributed by atoms with Crippen molar-refractivity contribution >= 4 is 32.7 Å². The van der Waals surface area contributed by atoms with Gasteiger partial charge in [-0.1, -0.05) is 91.0 Å². The van der Waals surface area contributed by atoms with Crippen molar-refractivity contribution < 1.29 is 4.42 Å². The van der Waals surface area contributed by atoms with E-state index in [2.05, 4.69) is 41.4 Å². The van der Waals surface area contributed by atoms with Crippen LogP contribution in [0.5, 0.6) is 0 Å². The van der Waals surface area contributed by atoms with Crippen molar-refractivity contribution in [1.29, 1.82) is 0 Å². The van der Waals surface area contributed by atoms with Crippen molar-refractivity contribution in [2.45, 2.75) is 0 Å². The Balaban J connectivity index is 1.47.